The van der Waals surface area contributed by atoms with Crippen LogP contribution in [-0.2, 0) is 21.4 Å². The predicted molar refractivity (Wildman–Crippen MR) is 125 cm³/mol. The van der Waals surface area contributed by atoms with Crippen molar-refractivity contribution in [2.75, 3.05) is 5.32 Å². The first-order valence-corrected chi connectivity index (χ1v) is 10.2. The van der Waals surface area contributed by atoms with Gasteiger partial charge in [0.25, 0.3) is 0 Å². The molecule has 1 amide bonds. The van der Waals surface area contributed by atoms with Gasteiger partial charge < -0.3 is 15.2 Å². The molecule has 0 aliphatic carbocycles. The van der Waals surface area contributed by atoms with E-state index >= 15 is 0 Å². The van der Waals surface area contributed by atoms with E-state index in [4.69, 9.17) is 9.84 Å². The highest BCUT2D eigenvalue weighted by Gasteiger charge is 2.20. The van der Waals surface area contributed by atoms with E-state index in [9.17, 15) is 9.59 Å². The summed E-state index contributed by atoms with van der Waals surface area (Å²) in [7, 11) is 0. The largest absolute Gasteiger partial charge is 0.481 e. The van der Waals surface area contributed by atoms with Crippen molar-refractivity contribution in [1.29, 1.82) is 0 Å². The van der Waals surface area contributed by atoms with Gasteiger partial charge in [-0.05, 0) is 40.8 Å². The van der Waals surface area contributed by atoms with Crippen LogP contribution in [0.5, 0.6) is 11.6 Å². The number of nitrogens with one attached hydrogen (secondary N) is 1. The molecule has 1 heterocycles. The lowest BCUT2D eigenvalue weighted by atomic mass is 9.86. The van der Waals surface area contributed by atoms with Gasteiger partial charge in [-0.25, -0.2) is 4.98 Å². The van der Waals surface area contributed by atoms with Crippen molar-refractivity contribution in [2.45, 2.75) is 32.6 Å². The van der Waals surface area contributed by atoms with Gasteiger partial charge in [0, 0.05) is 17.8 Å². The first-order chi connectivity index (χ1) is 15.2. The molecule has 0 unspecified atom stereocenters. The molecule has 0 fully saturated rings. The van der Waals surface area contributed by atoms with Gasteiger partial charge in [0.2, 0.25) is 11.8 Å². The number of rotatable bonds is 7. The number of nitrogens with zero attached hydrogens (tertiary/aromatic N) is 1. The molecular weight excluding hydrogens is 404 g/mol. The first kappa shape index (κ1) is 22.7. The lowest BCUT2D eigenvalue weighted by molar-refractivity contribution is -0.136. The average Bonchev–Trinajstić information content (AvgIpc) is 2.74. The zero-order chi connectivity index (χ0) is 23.1. The molecule has 6 nitrogen and oxygen atoms in total. The number of aliphatic carboxylic acids is 1. The van der Waals surface area contributed by atoms with Crippen LogP contribution in [0, 0.1) is 0 Å². The van der Waals surface area contributed by atoms with Crippen molar-refractivity contribution >= 4 is 23.6 Å². The van der Waals surface area contributed by atoms with Gasteiger partial charge in [-0.2, -0.15) is 0 Å². The van der Waals surface area contributed by atoms with Gasteiger partial charge in [0.15, 0.2) is 0 Å². The summed E-state index contributed by atoms with van der Waals surface area (Å²) in [6.45, 7) is 6.30. The molecule has 2 N–H and O–H groups in total. The van der Waals surface area contributed by atoms with Crippen molar-refractivity contribution in [3.8, 4) is 11.6 Å². The molecule has 0 radical (unpaired) electrons. The van der Waals surface area contributed by atoms with Crippen molar-refractivity contribution in [3.05, 3.63) is 89.6 Å². The Bertz CT molecular complexity index is 1150. The first-order valence-electron chi connectivity index (χ1n) is 10.2. The summed E-state index contributed by atoms with van der Waals surface area (Å²) in [5.74, 6) is -0.343. The average molecular weight is 431 g/mol. The Morgan fingerprint density at radius 1 is 1.03 bits per heavy atom. The number of aromatic nitrogens is 1. The molecule has 0 atom stereocenters. The van der Waals surface area contributed by atoms with E-state index < -0.39 is 5.97 Å². The standard InChI is InChI=1S/C26H26N2O4/c1-26(2,3)20-11-6-7-13-22(20)32-25-21(12-8-16-27-25)28-23(29)15-14-18-9-4-5-10-19(18)17-24(30)31/h4-16H,17H2,1-3H3,(H,28,29)(H,30,31). The molecule has 3 aromatic rings. The van der Waals surface area contributed by atoms with Crippen molar-refractivity contribution in [3.63, 3.8) is 0 Å². The summed E-state index contributed by atoms with van der Waals surface area (Å²) in [5, 5.41) is 11.9. The highest BCUT2D eigenvalue weighted by atomic mass is 16.5. The quantitative estimate of drug-likeness (QED) is 0.487. The molecule has 0 bridgehead atoms. The second-order valence-corrected chi connectivity index (χ2v) is 8.30. The number of hydrogen-bond acceptors (Lipinski definition) is 4. The summed E-state index contributed by atoms with van der Waals surface area (Å²) >= 11 is 0. The maximum absolute atomic E-state index is 12.6. The predicted octanol–water partition coefficient (Wildman–Crippen LogP) is 5.45. The van der Waals surface area contributed by atoms with Gasteiger partial charge in [0.05, 0.1) is 6.42 Å². The van der Waals surface area contributed by atoms with E-state index in [1.165, 1.54) is 6.08 Å². The number of carbonyl (C=O) groups excluding carboxylic acids is 1. The molecular formula is C26H26N2O4. The van der Waals surface area contributed by atoms with Crippen LogP contribution >= 0.6 is 0 Å². The van der Waals surface area contributed by atoms with Gasteiger partial charge in [-0.3, -0.25) is 9.59 Å². The number of carboxylic acid groups (broad SMARTS) is 1. The molecule has 0 aliphatic heterocycles. The minimum atomic E-state index is -0.928. The monoisotopic (exact) mass is 430 g/mol. The highest BCUT2D eigenvalue weighted by Crippen LogP contribution is 2.35. The lowest BCUT2D eigenvalue weighted by Gasteiger charge is -2.22. The highest BCUT2D eigenvalue weighted by molar-refractivity contribution is 6.02. The normalized spacial score (nSPS) is 11.3. The number of hydrogen-bond donors (Lipinski definition) is 2. The minimum absolute atomic E-state index is 0.115. The van der Waals surface area contributed by atoms with E-state index in [1.54, 1.807) is 48.7 Å². The Morgan fingerprint density at radius 3 is 2.50 bits per heavy atom. The number of ether oxygens (including phenoxy) is 1. The Kier molecular flexibility index (Phi) is 7.05. The Labute approximate surface area is 187 Å². The van der Waals surface area contributed by atoms with Crippen LogP contribution < -0.4 is 10.1 Å². The zero-order valence-electron chi connectivity index (χ0n) is 18.3. The molecule has 0 spiro atoms. The fraction of sp³-hybridized carbons (Fsp3) is 0.192. The van der Waals surface area contributed by atoms with Crippen molar-refractivity contribution in [2.24, 2.45) is 0 Å². The van der Waals surface area contributed by atoms with Crippen LogP contribution in [0.25, 0.3) is 6.08 Å². The van der Waals surface area contributed by atoms with Crippen molar-refractivity contribution in [1.82, 2.24) is 4.98 Å². The maximum atomic E-state index is 12.6. The zero-order valence-corrected chi connectivity index (χ0v) is 18.3. The molecule has 0 saturated heterocycles. The number of carboxylic acids is 1. The molecule has 2 aromatic carbocycles. The Balaban J connectivity index is 1.79. The summed E-state index contributed by atoms with van der Waals surface area (Å²) in [6, 6.07) is 18.2. The molecule has 1 aromatic heterocycles. The van der Waals surface area contributed by atoms with Crippen LogP contribution in [0.2, 0.25) is 0 Å². The van der Waals surface area contributed by atoms with Crippen LogP contribution in [0.15, 0.2) is 72.9 Å². The van der Waals surface area contributed by atoms with Crippen LogP contribution in [0.4, 0.5) is 5.69 Å². The third kappa shape index (κ3) is 6.04. The number of amides is 1. The number of para-hydroxylation sites is 1. The summed E-state index contributed by atoms with van der Waals surface area (Å²) < 4.78 is 6.08. The lowest BCUT2D eigenvalue weighted by Crippen LogP contribution is -2.13. The van der Waals surface area contributed by atoms with E-state index in [2.05, 4.69) is 31.1 Å². The molecule has 32 heavy (non-hydrogen) atoms. The topological polar surface area (TPSA) is 88.5 Å². The Morgan fingerprint density at radius 2 is 1.75 bits per heavy atom. The van der Waals surface area contributed by atoms with Gasteiger partial charge in [-0.15, -0.1) is 0 Å². The fourth-order valence-electron chi connectivity index (χ4n) is 3.21. The van der Waals surface area contributed by atoms with Crippen LogP contribution in [0.3, 0.4) is 0 Å². The van der Waals surface area contributed by atoms with E-state index in [1.807, 2.05) is 24.3 Å². The van der Waals surface area contributed by atoms with Crippen molar-refractivity contribution < 1.29 is 19.4 Å². The maximum Gasteiger partial charge on any atom is 0.307 e. The number of anilines is 1. The van der Waals surface area contributed by atoms with E-state index in [0.29, 0.717) is 22.6 Å². The molecule has 6 heteroatoms. The van der Waals surface area contributed by atoms with Crippen LogP contribution in [-0.4, -0.2) is 22.0 Å². The van der Waals surface area contributed by atoms with Gasteiger partial charge in [0.1, 0.15) is 11.4 Å². The summed E-state index contributed by atoms with van der Waals surface area (Å²) in [5.41, 5.74) is 2.64. The second-order valence-electron chi connectivity index (χ2n) is 8.30. The van der Waals surface area contributed by atoms with E-state index in [-0.39, 0.29) is 23.6 Å². The third-order valence-corrected chi connectivity index (χ3v) is 4.74. The fourth-order valence-corrected chi connectivity index (χ4v) is 3.21. The SMILES string of the molecule is CC(C)(C)c1ccccc1Oc1ncccc1NC(=O)C=Cc1ccccc1CC(=O)O. The third-order valence-electron chi connectivity index (χ3n) is 4.74. The smallest absolute Gasteiger partial charge is 0.307 e. The van der Waals surface area contributed by atoms with Gasteiger partial charge >= 0.3 is 5.97 Å². The molecule has 0 saturated carbocycles. The second kappa shape index (κ2) is 9.92. The minimum Gasteiger partial charge on any atom is -0.481 e. The number of pyridine rings is 1. The molecule has 0 aliphatic rings. The van der Waals surface area contributed by atoms with Crippen LogP contribution in [0.1, 0.15) is 37.5 Å². The van der Waals surface area contributed by atoms with E-state index in [0.717, 1.165) is 5.56 Å². The van der Waals surface area contributed by atoms with Gasteiger partial charge in [-0.1, -0.05) is 63.2 Å². The summed E-state index contributed by atoms with van der Waals surface area (Å²) in [4.78, 5) is 27.9. The molecule has 164 valence electrons. The number of benzene rings is 2. The molecule has 3 rings (SSSR count). The number of carbonyl (C=O) groups is 2. The summed E-state index contributed by atoms with van der Waals surface area (Å²) in [6.07, 6.45) is 4.44. The Hall–Kier alpha value is -3.93.